The molecule has 20 heavy (non-hydrogen) atoms. The van der Waals surface area contributed by atoms with Gasteiger partial charge >= 0.3 is 0 Å². The van der Waals surface area contributed by atoms with Gasteiger partial charge in [-0.05, 0) is 66.6 Å². The van der Waals surface area contributed by atoms with Gasteiger partial charge < -0.3 is 14.3 Å². The number of nitrogens with one attached hydrogen (secondary N) is 1. The predicted octanol–water partition coefficient (Wildman–Crippen LogP) is 4.40. The smallest absolute Gasteiger partial charge is 0.178 e. The van der Waals surface area contributed by atoms with Crippen molar-refractivity contribution in [3.05, 3.63) is 26.3 Å². The van der Waals surface area contributed by atoms with Gasteiger partial charge in [0.2, 0.25) is 0 Å². The van der Waals surface area contributed by atoms with Crippen LogP contribution in [0.1, 0.15) is 25.7 Å². The maximum Gasteiger partial charge on any atom is 0.178 e. The van der Waals surface area contributed by atoms with Gasteiger partial charge in [-0.1, -0.05) is 0 Å². The van der Waals surface area contributed by atoms with Gasteiger partial charge in [-0.3, -0.25) is 0 Å². The van der Waals surface area contributed by atoms with Crippen LogP contribution < -0.4 is 0 Å². The first-order valence-electron chi connectivity index (χ1n) is 6.84. The summed E-state index contributed by atoms with van der Waals surface area (Å²) >= 11 is 7.34. The summed E-state index contributed by atoms with van der Waals surface area (Å²) in [5, 5.41) is 0. The predicted molar refractivity (Wildman–Crippen MR) is 88.0 cm³/mol. The van der Waals surface area contributed by atoms with Gasteiger partial charge in [0.25, 0.3) is 0 Å². The number of H-pyrrole nitrogens is 1. The third kappa shape index (κ3) is 2.92. The fraction of sp³-hybridized carbons (Fsp3) is 0.500. The van der Waals surface area contributed by atoms with Crippen molar-refractivity contribution in [3.63, 3.8) is 0 Å². The van der Waals surface area contributed by atoms with E-state index < -0.39 is 0 Å². The number of ether oxygens (including phenoxy) is 1. The number of rotatable bonds is 3. The van der Waals surface area contributed by atoms with Crippen molar-refractivity contribution < 1.29 is 9.13 Å². The van der Waals surface area contributed by atoms with Crippen molar-refractivity contribution in [3.8, 4) is 0 Å². The average molecular weight is 406 g/mol. The zero-order chi connectivity index (χ0) is 14.1. The fourth-order valence-corrected chi connectivity index (χ4v) is 3.45. The number of aromatic nitrogens is 2. The van der Waals surface area contributed by atoms with Crippen LogP contribution in [0.5, 0.6) is 0 Å². The van der Waals surface area contributed by atoms with Crippen LogP contribution in [0.4, 0.5) is 4.39 Å². The van der Waals surface area contributed by atoms with E-state index >= 15 is 0 Å². The van der Waals surface area contributed by atoms with Crippen molar-refractivity contribution in [1.29, 1.82) is 0 Å². The van der Waals surface area contributed by atoms with E-state index in [4.69, 9.17) is 17.0 Å². The Hall–Kier alpha value is -0.470. The number of nitrogens with zero attached hydrogens (tertiary/aromatic N) is 1. The lowest BCUT2D eigenvalue weighted by Crippen LogP contribution is -2.20. The molecule has 1 aliphatic rings. The number of fused-ring (bicyclic) bond motifs is 1. The normalized spacial score (nSPS) is 19.6. The first kappa shape index (κ1) is 14.5. The Morgan fingerprint density at radius 2 is 2.30 bits per heavy atom. The summed E-state index contributed by atoms with van der Waals surface area (Å²) in [7, 11) is 0. The molecule has 3 nitrogen and oxygen atoms in total. The van der Waals surface area contributed by atoms with Crippen LogP contribution in [0.15, 0.2) is 12.1 Å². The Morgan fingerprint density at radius 1 is 1.45 bits per heavy atom. The third-order valence-corrected chi connectivity index (χ3v) is 4.91. The van der Waals surface area contributed by atoms with E-state index in [0.717, 1.165) is 43.4 Å². The molecule has 3 rings (SSSR count). The quantitative estimate of drug-likeness (QED) is 0.605. The first-order chi connectivity index (χ1) is 9.65. The fourth-order valence-electron chi connectivity index (χ4n) is 2.68. The molecule has 0 bridgehead atoms. The number of halogens is 2. The SMILES string of the molecule is Fc1cc2c(cc1I)[nH]c(=S)n2CCC1CCCCO1. The summed E-state index contributed by atoms with van der Waals surface area (Å²) < 4.78 is 22.7. The molecule has 0 spiro atoms. The average Bonchev–Trinajstić information content (AvgIpc) is 2.73. The first-order valence-corrected chi connectivity index (χ1v) is 8.33. The van der Waals surface area contributed by atoms with E-state index in [9.17, 15) is 4.39 Å². The lowest BCUT2D eigenvalue weighted by Gasteiger charge is -2.22. The van der Waals surface area contributed by atoms with Gasteiger partial charge in [-0.15, -0.1) is 0 Å². The molecule has 6 heteroatoms. The molecule has 2 aromatic rings. The Balaban J connectivity index is 1.85. The molecule has 1 aliphatic heterocycles. The zero-order valence-corrected chi connectivity index (χ0v) is 14.0. The molecule has 0 amide bonds. The summed E-state index contributed by atoms with van der Waals surface area (Å²) in [4.78, 5) is 3.15. The van der Waals surface area contributed by atoms with Crippen molar-refractivity contribution in [1.82, 2.24) is 9.55 Å². The highest BCUT2D eigenvalue weighted by atomic mass is 127. The Kier molecular flexibility index (Phi) is 4.42. The van der Waals surface area contributed by atoms with Crippen LogP contribution in [0.25, 0.3) is 11.0 Å². The lowest BCUT2D eigenvalue weighted by molar-refractivity contribution is 0.00892. The molecule has 1 saturated heterocycles. The van der Waals surface area contributed by atoms with E-state index in [-0.39, 0.29) is 5.82 Å². The molecule has 1 fully saturated rings. The van der Waals surface area contributed by atoms with Gasteiger partial charge in [-0.25, -0.2) is 4.39 Å². The van der Waals surface area contributed by atoms with Crippen molar-refractivity contribution >= 4 is 45.8 Å². The van der Waals surface area contributed by atoms with Gasteiger partial charge in [0.1, 0.15) is 5.82 Å². The summed E-state index contributed by atoms with van der Waals surface area (Å²) in [5.41, 5.74) is 1.73. The van der Waals surface area contributed by atoms with Gasteiger partial charge in [0, 0.05) is 19.2 Å². The van der Waals surface area contributed by atoms with Gasteiger partial charge in [0.15, 0.2) is 4.77 Å². The molecule has 1 unspecified atom stereocenters. The maximum absolute atomic E-state index is 13.7. The van der Waals surface area contributed by atoms with Crippen LogP contribution >= 0.6 is 34.8 Å². The Morgan fingerprint density at radius 3 is 3.05 bits per heavy atom. The van der Waals surface area contributed by atoms with Gasteiger partial charge in [-0.2, -0.15) is 0 Å². The van der Waals surface area contributed by atoms with Crippen LogP contribution in [-0.4, -0.2) is 22.3 Å². The van der Waals surface area contributed by atoms with E-state index in [1.807, 2.05) is 27.2 Å². The van der Waals surface area contributed by atoms with Crippen LogP contribution in [0.3, 0.4) is 0 Å². The second-order valence-electron chi connectivity index (χ2n) is 5.14. The van der Waals surface area contributed by atoms with E-state index in [1.54, 1.807) is 12.1 Å². The molecule has 1 aromatic carbocycles. The van der Waals surface area contributed by atoms with Crippen molar-refractivity contribution in [2.45, 2.75) is 38.3 Å². The molecular weight excluding hydrogens is 390 g/mol. The summed E-state index contributed by atoms with van der Waals surface area (Å²) in [6.45, 7) is 1.63. The van der Waals surface area contributed by atoms with E-state index in [0.29, 0.717) is 14.4 Å². The highest BCUT2D eigenvalue weighted by Gasteiger charge is 2.15. The highest BCUT2D eigenvalue weighted by Crippen LogP contribution is 2.22. The molecule has 0 radical (unpaired) electrons. The summed E-state index contributed by atoms with van der Waals surface area (Å²) in [6.07, 6.45) is 4.74. The number of aryl methyl sites for hydroxylation is 1. The molecule has 0 aliphatic carbocycles. The topological polar surface area (TPSA) is 29.9 Å². The molecule has 2 heterocycles. The van der Waals surface area contributed by atoms with Gasteiger partial charge in [0.05, 0.1) is 20.7 Å². The maximum atomic E-state index is 13.7. The molecule has 108 valence electrons. The van der Waals surface area contributed by atoms with E-state index in [1.165, 1.54) is 6.42 Å². The largest absolute Gasteiger partial charge is 0.378 e. The van der Waals surface area contributed by atoms with Crippen LogP contribution in [-0.2, 0) is 11.3 Å². The molecular formula is C14H16FIN2OS. The van der Waals surface area contributed by atoms with Crippen molar-refractivity contribution in [2.24, 2.45) is 0 Å². The Labute approximate surface area is 135 Å². The summed E-state index contributed by atoms with van der Waals surface area (Å²) in [5.74, 6) is -0.199. The minimum Gasteiger partial charge on any atom is -0.378 e. The number of benzene rings is 1. The number of imidazole rings is 1. The zero-order valence-electron chi connectivity index (χ0n) is 11.0. The number of hydrogen-bond acceptors (Lipinski definition) is 2. The summed E-state index contributed by atoms with van der Waals surface area (Å²) in [6, 6.07) is 3.36. The highest BCUT2D eigenvalue weighted by molar-refractivity contribution is 14.1. The Bertz CT molecular complexity index is 676. The monoisotopic (exact) mass is 406 g/mol. The van der Waals surface area contributed by atoms with Crippen molar-refractivity contribution in [2.75, 3.05) is 6.61 Å². The minimum atomic E-state index is -0.199. The van der Waals surface area contributed by atoms with Crippen LogP contribution in [0, 0.1) is 14.2 Å². The van der Waals surface area contributed by atoms with E-state index in [2.05, 4.69) is 4.98 Å². The van der Waals surface area contributed by atoms with Crippen LogP contribution in [0.2, 0.25) is 0 Å². The minimum absolute atomic E-state index is 0.199. The second kappa shape index (κ2) is 6.11. The third-order valence-electron chi connectivity index (χ3n) is 3.76. The number of aromatic amines is 1. The lowest BCUT2D eigenvalue weighted by atomic mass is 10.1. The molecule has 0 saturated carbocycles. The standard InChI is InChI=1S/C14H16FIN2OS/c15-10-7-13-12(8-11(10)16)17-14(20)18(13)5-4-9-3-1-2-6-19-9/h7-9H,1-6H2,(H,17,20). The molecule has 1 N–H and O–H groups in total. The second-order valence-corrected chi connectivity index (χ2v) is 6.69. The number of hydrogen-bond donors (Lipinski definition) is 1. The molecule has 1 atom stereocenters. The molecule has 1 aromatic heterocycles.